The zero-order chi connectivity index (χ0) is 6.78. The molecule has 0 unspecified atom stereocenters. The van der Waals surface area contributed by atoms with Crippen molar-refractivity contribution in [2.75, 3.05) is 0 Å². The van der Waals surface area contributed by atoms with Crippen molar-refractivity contribution in [2.45, 2.75) is 32.9 Å². The highest BCUT2D eigenvalue weighted by atomic mass is 19.3. The molecule has 0 aliphatic rings. The van der Waals surface area contributed by atoms with Crippen molar-refractivity contribution in [2.24, 2.45) is 0 Å². The van der Waals surface area contributed by atoms with Crippen molar-refractivity contribution in [3.05, 3.63) is 0 Å². The molecular weight excluding hydrogens is 112 g/mol. The summed E-state index contributed by atoms with van der Waals surface area (Å²) in [6, 6.07) is 0. The first-order chi connectivity index (χ1) is 3.42. The van der Waals surface area contributed by atoms with Gasteiger partial charge in [-0.05, 0) is 20.8 Å². The highest BCUT2D eigenvalue weighted by molar-refractivity contribution is 4.68. The van der Waals surface area contributed by atoms with E-state index in [1.165, 1.54) is 0 Å². The van der Waals surface area contributed by atoms with Gasteiger partial charge in [0.2, 0.25) is 0 Å². The lowest BCUT2D eigenvalue weighted by atomic mass is 10.1. The number of hydrogen-bond acceptors (Lipinski definition) is 1. The average molecular weight is 123 g/mol. The Morgan fingerprint density at radius 1 is 1.25 bits per heavy atom. The highest BCUT2D eigenvalue weighted by Gasteiger charge is 2.13. The Kier molecular flexibility index (Phi) is 2.34. The first-order valence-corrected chi connectivity index (χ1v) is 2.48. The van der Waals surface area contributed by atoms with Crippen LogP contribution < -0.4 is 5.32 Å². The smallest absolute Gasteiger partial charge is 0.256 e. The molecule has 0 saturated carbocycles. The van der Waals surface area contributed by atoms with Gasteiger partial charge in [-0.2, -0.15) is 8.78 Å². The van der Waals surface area contributed by atoms with Crippen LogP contribution in [-0.4, -0.2) is 12.1 Å². The molecule has 0 fully saturated rings. The Morgan fingerprint density at radius 2 is 1.62 bits per heavy atom. The molecular formula is C5H11F2N. The molecule has 0 bridgehead atoms. The summed E-state index contributed by atoms with van der Waals surface area (Å²) in [5.74, 6) is 0. The largest absolute Gasteiger partial charge is 0.292 e. The van der Waals surface area contributed by atoms with Gasteiger partial charge < -0.3 is 0 Å². The van der Waals surface area contributed by atoms with E-state index in [1.807, 2.05) is 5.32 Å². The maximum Gasteiger partial charge on any atom is 0.292 e. The van der Waals surface area contributed by atoms with Crippen molar-refractivity contribution in [1.82, 2.24) is 5.32 Å². The first kappa shape index (κ1) is 7.82. The van der Waals surface area contributed by atoms with Crippen LogP contribution in [0, 0.1) is 0 Å². The zero-order valence-electron chi connectivity index (χ0n) is 5.33. The molecule has 3 heteroatoms. The van der Waals surface area contributed by atoms with E-state index in [1.54, 1.807) is 20.8 Å². The molecule has 0 heterocycles. The molecule has 0 radical (unpaired) electrons. The Morgan fingerprint density at radius 3 is 1.62 bits per heavy atom. The molecule has 0 aromatic rings. The van der Waals surface area contributed by atoms with Crippen LogP contribution in [0.5, 0.6) is 0 Å². The number of halogens is 2. The molecule has 1 N–H and O–H groups in total. The fourth-order valence-corrected chi connectivity index (χ4v) is 0.327. The number of alkyl halides is 2. The van der Waals surface area contributed by atoms with Gasteiger partial charge in [0, 0.05) is 5.54 Å². The summed E-state index contributed by atoms with van der Waals surface area (Å²) >= 11 is 0. The minimum absolute atomic E-state index is 0.478. The summed E-state index contributed by atoms with van der Waals surface area (Å²) in [5.41, 5.74) is -0.478. The van der Waals surface area contributed by atoms with Crippen molar-refractivity contribution >= 4 is 0 Å². The standard InChI is InChI=1S/C5H11F2N/c1-5(2,3)8-4(6)7/h4,8H,1-3H3. The summed E-state index contributed by atoms with van der Waals surface area (Å²) in [5, 5.41) is 2.05. The van der Waals surface area contributed by atoms with Crippen LogP contribution in [-0.2, 0) is 0 Å². The van der Waals surface area contributed by atoms with E-state index in [4.69, 9.17) is 0 Å². The fourth-order valence-electron chi connectivity index (χ4n) is 0.327. The topological polar surface area (TPSA) is 12.0 Å². The predicted octanol–water partition coefficient (Wildman–Crippen LogP) is 1.60. The highest BCUT2D eigenvalue weighted by Crippen LogP contribution is 2.01. The van der Waals surface area contributed by atoms with Gasteiger partial charge in [-0.25, -0.2) is 0 Å². The third kappa shape index (κ3) is 5.82. The minimum atomic E-state index is -2.41. The zero-order valence-corrected chi connectivity index (χ0v) is 5.33. The maximum atomic E-state index is 11.4. The van der Waals surface area contributed by atoms with Gasteiger partial charge in [-0.1, -0.05) is 0 Å². The van der Waals surface area contributed by atoms with Crippen LogP contribution in [0.25, 0.3) is 0 Å². The van der Waals surface area contributed by atoms with Crippen LogP contribution in [0.2, 0.25) is 0 Å². The SMILES string of the molecule is CC(C)(C)NC(F)F. The van der Waals surface area contributed by atoms with E-state index in [2.05, 4.69) is 0 Å². The summed E-state index contributed by atoms with van der Waals surface area (Å²) in [6.45, 7) is 2.67. The fraction of sp³-hybridized carbons (Fsp3) is 1.00. The van der Waals surface area contributed by atoms with Crippen molar-refractivity contribution in [3.63, 3.8) is 0 Å². The normalized spacial score (nSPS) is 12.8. The Balaban J connectivity index is 3.39. The van der Waals surface area contributed by atoms with Gasteiger partial charge in [0.1, 0.15) is 0 Å². The van der Waals surface area contributed by atoms with Gasteiger partial charge in [0.05, 0.1) is 0 Å². The van der Waals surface area contributed by atoms with Crippen LogP contribution in [0.15, 0.2) is 0 Å². The molecule has 0 rings (SSSR count). The molecule has 0 atom stereocenters. The van der Waals surface area contributed by atoms with Gasteiger partial charge in [0.15, 0.2) is 0 Å². The predicted molar refractivity (Wildman–Crippen MR) is 28.9 cm³/mol. The van der Waals surface area contributed by atoms with Crippen LogP contribution in [0.4, 0.5) is 8.78 Å². The van der Waals surface area contributed by atoms with Gasteiger partial charge in [-0.3, -0.25) is 5.32 Å². The summed E-state index contributed by atoms with van der Waals surface area (Å²) in [7, 11) is 0. The molecule has 0 amide bonds. The molecule has 50 valence electrons. The Bertz CT molecular complexity index is 65.3. The van der Waals surface area contributed by atoms with E-state index in [0.717, 1.165) is 0 Å². The minimum Gasteiger partial charge on any atom is -0.256 e. The quantitative estimate of drug-likeness (QED) is 0.522. The van der Waals surface area contributed by atoms with E-state index in [0.29, 0.717) is 0 Å². The second kappa shape index (κ2) is 2.40. The van der Waals surface area contributed by atoms with E-state index in [9.17, 15) is 8.78 Å². The van der Waals surface area contributed by atoms with E-state index >= 15 is 0 Å². The van der Waals surface area contributed by atoms with E-state index in [-0.39, 0.29) is 0 Å². The van der Waals surface area contributed by atoms with Gasteiger partial charge in [0.25, 0.3) is 6.55 Å². The maximum absolute atomic E-state index is 11.4. The Labute approximate surface area is 48.1 Å². The van der Waals surface area contributed by atoms with Gasteiger partial charge in [-0.15, -0.1) is 0 Å². The number of nitrogens with one attached hydrogen (secondary N) is 1. The third-order valence-corrected chi connectivity index (χ3v) is 0.542. The molecule has 0 spiro atoms. The lowest BCUT2D eigenvalue weighted by molar-refractivity contribution is 0.0773. The summed E-state index contributed by atoms with van der Waals surface area (Å²) < 4.78 is 22.8. The van der Waals surface area contributed by atoms with Crippen molar-refractivity contribution < 1.29 is 8.78 Å². The Hall–Kier alpha value is -0.180. The number of rotatable bonds is 1. The average Bonchev–Trinajstić information content (AvgIpc) is 1.21. The molecule has 1 nitrogen and oxygen atoms in total. The van der Waals surface area contributed by atoms with Crippen molar-refractivity contribution in [1.29, 1.82) is 0 Å². The molecule has 0 aliphatic heterocycles. The van der Waals surface area contributed by atoms with Crippen LogP contribution in [0.3, 0.4) is 0 Å². The van der Waals surface area contributed by atoms with Crippen LogP contribution in [0.1, 0.15) is 20.8 Å². The summed E-state index contributed by atoms with van der Waals surface area (Å²) in [6.07, 6.45) is 0. The molecule has 0 aromatic carbocycles. The third-order valence-electron chi connectivity index (χ3n) is 0.542. The van der Waals surface area contributed by atoms with Crippen molar-refractivity contribution in [3.8, 4) is 0 Å². The molecule has 0 aliphatic carbocycles. The van der Waals surface area contributed by atoms with Crippen LogP contribution >= 0.6 is 0 Å². The van der Waals surface area contributed by atoms with Gasteiger partial charge >= 0.3 is 0 Å². The monoisotopic (exact) mass is 123 g/mol. The molecule has 0 saturated heterocycles. The lowest BCUT2D eigenvalue weighted by Gasteiger charge is -2.18. The lowest BCUT2D eigenvalue weighted by Crippen LogP contribution is -2.39. The molecule has 0 aromatic heterocycles. The van der Waals surface area contributed by atoms with E-state index < -0.39 is 12.1 Å². The number of hydrogen-bond donors (Lipinski definition) is 1. The summed E-state index contributed by atoms with van der Waals surface area (Å²) in [4.78, 5) is 0. The second-order valence-corrected chi connectivity index (χ2v) is 2.70. The first-order valence-electron chi connectivity index (χ1n) is 2.48. The molecule has 8 heavy (non-hydrogen) atoms. The second-order valence-electron chi connectivity index (χ2n) is 2.70.